The fourth-order valence-electron chi connectivity index (χ4n) is 1.78. The second kappa shape index (κ2) is 4.22. The molecule has 0 saturated heterocycles. The van der Waals surface area contributed by atoms with E-state index in [1.165, 1.54) is 5.56 Å². The minimum atomic E-state index is 0.431. The fraction of sp³-hybridized carbons (Fsp3) is 0.214. The van der Waals surface area contributed by atoms with E-state index < -0.39 is 0 Å². The highest BCUT2D eigenvalue weighted by Crippen LogP contribution is 2.24. The van der Waals surface area contributed by atoms with E-state index in [-0.39, 0.29) is 0 Å². The maximum absolute atomic E-state index is 5.68. The monoisotopic (exact) mass is 239 g/mol. The van der Waals surface area contributed by atoms with E-state index in [1.807, 2.05) is 18.3 Å². The maximum atomic E-state index is 5.68. The fourth-order valence-corrected chi connectivity index (χ4v) is 1.78. The molecule has 0 aliphatic rings. The van der Waals surface area contributed by atoms with E-state index in [0.717, 1.165) is 5.56 Å². The summed E-state index contributed by atoms with van der Waals surface area (Å²) >= 11 is 0. The van der Waals surface area contributed by atoms with E-state index in [1.54, 1.807) is 12.4 Å². The summed E-state index contributed by atoms with van der Waals surface area (Å²) in [5, 5.41) is 0. The molecule has 4 nitrogen and oxygen atoms in total. The lowest BCUT2D eigenvalue weighted by Gasteiger charge is -2.04. The minimum absolute atomic E-state index is 0.431. The third-order valence-corrected chi connectivity index (χ3v) is 2.84. The summed E-state index contributed by atoms with van der Waals surface area (Å²) in [6.07, 6.45) is 5.34. The Bertz CT molecular complexity index is 655. The molecule has 0 N–H and O–H groups in total. The van der Waals surface area contributed by atoms with Gasteiger partial charge in [0.1, 0.15) is 0 Å². The lowest BCUT2D eigenvalue weighted by atomic mass is 10.0. The van der Waals surface area contributed by atoms with Crippen LogP contribution in [0.5, 0.6) is 0 Å². The van der Waals surface area contributed by atoms with E-state index >= 15 is 0 Å². The predicted octanol–water partition coefficient (Wildman–Crippen LogP) is 3.41. The largest absolute Gasteiger partial charge is 0.434 e. The molecule has 0 amide bonds. The molecule has 0 aliphatic heterocycles. The topological polar surface area (TPSA) is 51.8 Å². The molecule has 90 valence electrons. The standard InChI is InChI=1S/C14H13N3O/c1-9(2)10-6-11(8-15-7-10)14-17-13-12(18-14)4-3-5-16-13/h3-9H,1-2H3. The second-order valence-electron chi connectivity index (χ2n) is 4.51. The molecule has 0 aliphatic carbocycles. The van der Waals surface area contributed by atoms with Crippen LogP contribution in [0.3, 0.4) is 0 Å². The Labute approximate surface area is 105 Å². The van der Waals surface area contributed by atoms with Gasteiger partial charge in [-0.25, -0.2) is 4.98 Å². The van der Waals surface area contributed by atoms with Crippen LogP contribution in [0.1, 0.15) is 25.3 Å². The number of hydrogen-bond acceptors (Lipinski definition) is 4. The molecule has 0 fully saturated rings. The van der Waals surface area contributed by atoms with Crippen LogP contribution in [0.25, 0.3) is 22.7 Å². The molecule has 3 heterocycles. The van der Waals surface area contributed by atoms with Gasteiger partial charge in [-0.1, -0.05) is 13.8 Å². The van der Waals surface area contributed by atoms with Crippen LogP contribution in [-0.2, 0) is 0 Å². The minimum Gasteiger partial charge on any atom is -0.434 e. The van der Waals surface area contributed by atoms with Crippen molar-refractivity contribution in [3.05, 3.63) is 42.4 Å². The maximum Gasteiger partial charge on any atom is 0.230 e. The van der Waals surface area contributed by atoms with Crippen molar-refractivity contribution in [1.82, 2.24) is 15.0 Å². The molecule has 18 heavy (non-hydrogen) atoms. The Morgan fingerprint density at radius 2 is 2.11 bits per heavy atom. The average Bonchev–Trinajstić information content (AvgIpc) is 2.82. The molecule has 0 unspecified atom stereocenters. The van der Waals surface area contributed by atoms with Gasteiger partial charge < -0.3 is 4.42 Å². The molecular formula is C14H13N3O. The van der Waals surface area contributed by atoms with Gasteiger partial charge in [-0.15, -0.1) is 0 Å². The molecule has 3 rings (SSSR count). The molecule has 4 heteroatoms. The van der Waals surface area contributed by atoms with Crippen molar-refractivity contribution < 1.29 is 4.42 Å². The zero-order chi connectivity index (χ0) is 12.5. The molecule has 3 aromatic heterocycles. The zero-order valence-electron chi connectivity index (χ0n) is 10.3. The predicted molar refractivity (Wildman–Crippen MR) is 69.1 cm³/mol. The number of aromatic nitrogens is 3. The summed E-state index contributed by atoms with van der Waals surface area (Å²) in [5.41, 5.74) is 3.38. The molecule has 0 radical (unpaired) electrons. The number of nitrogens with zero attached hydrogens (tertiary/aromatic N) is 3. The lowest BCUT2D eigenvalue weighted by molar-refractivity contribution is 0.619. The van der Waals surface area contributed by atoms with Gasteiger partial charge in [-0.05, 0) is 29.7 Å². The van der Waals surface area contributed by atoms with Crippen molar-refractivity contribution in [2.45, 2.75) is 19.8 Å². The summed E-state index contributed by atoms with van der Waals surface area (Å²) in [6, 6.07) is 5.75. The van der Waals surface area contributed by atoms with Crippen molar-refractivity contribution in [3.8, 4) is 11.5 Å². The van der Waals surface area contributed by atoms with Crippen molar-refractivity contribution in [1.29, 1.82) is 0 Å². The van der Waals surface area contributed by atoms with E-state index in [9.17, 15) is 0 Å². The highest BCUT2D eigenvalue weighted by Gasteiger charge is 2.10. The van der Waals surface area contributed by atoms with Gasteiger partial charge in [0.05, 0.1) is 5.56 Å². The summed E-state index contributed by atoms with van der Waals surface area (Å²) < 4.78 is 5.68. The normalized spacial score (nSPS) is 11.3. The molecule has 0 atom stereocenters. The van der Waals surface area contributed by atoms with Gasteiger partial charge in [-0.2, -0.15) is 4.98 Å². The van der Waals surface area contributed by atoms with Gasteiger partial charge in [-0.3, -0.25) is 4.98 Å². The zero-order valence-corrected chi connectivity index (χ0v) is 10.3. The average molecular weight is 239 g/mol. The van der Waals surface area contributed by atoms with Crippen molar-refractivity contribution in [2.75, 3.05) is 0 Å². The Morgan fingerprint density at radius 3 is 2.89 bits per heavy atom. The third kappa shape index (κ3) is 1.86. The van der Waals surface area contributed by atoms with Crippen molar-refractivity contribution in [3.63, 3.8) is 0 Å². The van der Waals surface area contributed by atoms with Crippen LogP contribution in [-0.4, -0.2) is 15.0 Å². The van der Waals surface area contributed by atoms with Crippen LogP contribution < -0.4 is 0 Å². The van der Waals surface area contributed by atoms with E-state index in [0.29, 0.717) is 23.0 Å². The summed E-state index contributed by atoms with van der Waals surface area (Å²) in [5.74, 6) is 0.999. The third-order valence-electron chi connectivity index (χ3n) is 2.84. The molecule has 3 aromatic rings. The van der Waals surface area contributed by atoms with Crippen LogP contribution in [0, 0.1) is 0 Å². The van der Waals surface area contributed by atoms with Crippen molar-refractivity contribution in [2.24, 2.45) is 0 Å². The highest BCUT2D eigenvalue weighted by atomic mass is 16.3. The van der Waals surface area contributed by atoms with Gasteiger partial charge in [0.25, 0.3) is 0 Å². The molecular weight excluding hydrogens is 226 g/mol. The van der Waals surface area contributed by atoms with Gasteiger partial charge in [0.2, 0.25) is 5.89 Å². The van der Waals surface area contributed by atoms with E-state index in [2.05, 4.69) is 34.9 Å². The first kappa shape index (κ1) is 10.9. The smallest absolute Gasteiger partial charge is 0.230 e. The highest BCUT2D eigenvalue weighted by molar-refractivity contribution is 5.71. The lowest BCUT2D eigenvalue weighted by Crippen LogP contribution is -1.90. The van der Waals surface area contributed by atoms with Crippen LogP contribution >= 0.6 is 0 Å². The Morgan fingerprint density at radius 1 is 1.22 bits per heavy atom. The van der Waals surface area contributed by atoms with Gasteiger partial charge in [0, 0.05) is 18.6 Å². The Kier molecular flexibility index (Phi) is 2.55. The van der Waals surface area contributed by atoms with Crippen LogP contribution in [0.2, 0.25) is 0 Å². The molecule has 0 bridgehead atoms. The summed E-state index contributed by atoms with van der Waals surface area (Å²) in [6.45, 7) is 4.27. The number of rotatable bonds is 2. The van der Waals surface area contributed by atoms with Gasteiger partial charge in [0.15, 0.2) is 11.2 Å². The summed E-state index contributed by atoms with van der Waals surface area (Å²) in [4.78, 5) is 12.8. The first-order valence-electron chi connectivity index (χ1n) is 5.91. The van der Waals surface area contributed by atoms with Crippen LogP contribution in [0.15, 0.2) is 41.2 Å². The van der Waals surface area contributed by atoms with Crippen molar-refractivity contribution >= 4 is 11.2 Å². The first-order valence-corrected chi connectivity index (χ1v) is 5.91. The molecule has 0 saturated carbocycles. The number of pyridine rings is 2. The number of oxazole rings is 1. The SMILES string of the molecule is CC(C)c1cncc(-c2nc3ncccc3o2)c1. The second-order valence-corrected chi connectivity index (χ2v) is 4.51. The summed E-state index contributed by atoms with van der Waals surface area (Å²) in [7, 11) is 0. The Balaban J connectivity index is 2.11. The number of fused-ring (bicyclic) bond motifs is 1. The Hall–Kier alpha value is -2.23. The van der Waals surface area contributed by atoms with Gasteiger partial charge >= 0.3 is 0 Å². The van der Waals surface area contributed by atoms with Crippen LogP contribution in [0.4, 0.5) is 0 Å². The molecule has 0 spiro atoms. The first-order chi connectivity index (χ1) is 8.74. The molecule has 0 aromatic carbocycles. The van der Waals surface area contributed by atoms with E-state index in [4.69, 9.17) is 4.42 Å². The quantitative estimate of drug-likeness (QED) is 0.687. The number of hydrogen-bond donors (Lipinski definition) is 0.